The molecule has 2 rings (SSSR count). The minimum atomic E-state index is 0.749. The molecule has 6 nitrogen and oxygen atoms in total. The molecule has 0 aromatic carbocycles. The van der Waals surface area contributed by atoms with Gasteiger partial charge in [0.05, 0.1) is 0 Å². The van der Waals surface area contributed by atoms with E-state index >= 15 is 0 Å². The van der Waals surface area contributed by atoms with Gasteiger partial charge in [0.25, 0.3) is 0 Å². The van der Waals surface area contributed by atoms with Crippen molar-refractivity contribution in [2.75, 3.05) is 25.0 Å². The fourth-order valence-electron chi connectivity index (χ4n) is 1.94. The summed E-state index contributed by atoms with van der Waals surface area (Å²) in [6.07, 6.45) is 3.82. The average molecular weight is 210 g/mol. The number of hydrogen-bond acceptors (Lipinski definition) is 5. The second-order valence-electron chi connectivity index (χ2n) is 4.05. The van der Waals surface area contributed by atoms with Crippen LogP contribution in [0.3, 0.4) is 0 Å². The molecular weight excluding hydrogens is 192 g/mol. The summed E-state index contributed by atoms with van der Waals surface area (Å²) >= 11 is 0. The van der Waals surface area contributed by atoms with E-state index in [0.29, 0.717) is 0 Å². The molecule has 1 aromatic rings. The summed E-state index contributed by atoms with van der Waals surface area (Å²) in [5, 5.41) is 17.9. The van der Waals surface area contributed by atoms with Gasteiger partial charge in [-0.15, -0.1) is 0 Å². The van der Waals surface area contributed by atoms with E-state index in [9.17, 15) is 0 Å². The molecular formula is C9H18N6. The van der Waals surface area contributed by atoms with E-state index in [2.05, 4.69) is 26.2 Å². The predicted octanol–water partition coefficient (Wildman–Crippen LogP) is 0.0117. The summed E-state index contributed by atoms with van der Waals surface area (Å²) in [6.45, 7) is 3.27. The lowest BCUT2D eigenvalue weighted by Gasteiger charge is -2.22. The van der Waals surface area contributed by atoms with E-state index in [1.807, 2.05) is 7.05 Å². The molecule has 1 aliphatic rings. The largest absolute Gasteiger partial charge is 0.353 e. The third kappa shape index (κ3) is 2.89. The molecule has 6 heteroatoms. The third-order valence-corrected chi connectivity index (χ3v) is 2.85. The van der Waals surface area contributed by atoms with Crippen LogP contribution >= 0.6 is 0 Å². The molecule has 0 spiro atoms. The maximum absolute atomic E-state index is 3.87. The molecule has 0 bridgehead atoms. The fourth-order valence-corrected chi connectivity index (χ4v) is 1.94. The van der Waals surface area contributed by atoms with Gasteiger partial charge in [-0.1, -0.05) is 5.10 Å². The van der Waals surface area contributed by atoms with Crippen LogP contribution in [-0.4, -0.2) is 39.8 Å². The molecule has 1 saturated heterocycles. The van der Waals surface area contributed by atoms with Crippen molar-refractivity contribution in [1.29, 1.82) is 0 Å². The molecule has 1 unspecified atom stereocenters. The highest BCUT2D eigenvalue weighted by Gasteiger charge is 2.12. The van der Waals surface area contributed by atoms with Gasteiger partial charge in [-0.2, -0.15) is 0 Å². The Balaban J connectivity index is 1.68. The fraction of sp³-hybridized carbons (Fsp3) is 0.889. The molecule has 0 aliphatic carbocycles. The number of hydrogen-bond donors (Lipinski definition) is 2. The Morgan fingerprint density at radius 2 is 2.53 bits per heavy atom. The maximum Gasteiger partial charge on any atom is 0.242 e. The van der Waals surface area contributed by atoms with E-state index in [4.69, 9.17) is 0 Å². The van der Waals surface area contributed by atoms with Crippen LogP contribution in [0.4, 0.5) is 5.95 Å². The number of piperidine rings is 1. The first kappa shape index (κ1) is 10.4. The number of tetrazole rings is 1. The monoisotopic (exact) mass is 210 g/mol. The highest BCUT2D eigenvalue weighted by Crippen LogP contribution is 2.13. The van der Waals surface area contributed by atoms with Crippen molar-refractivity contribution in [1.82, 2.24) is 25.5 Å². The second-order valence-corrected chi connectivity index (χ2v) is 4.05. The van der Waals surface area contributed by atoms with Crippen molar-refractivity contribution < 1.29 is 0 Å². The molecule has 1 aliphatic heterocycles. The quantitative estimate of drug-likeness (QED) is 0.733. The van der Waals surface area contributed by atoms with Crippen molar-refractivity contribution in [3.05, 3.63) is 0 Å². The Bertz CT molecular complexity index is 291. The van der Waals surface area contributed by atoms with Crippen LogP contribution in [0.1, 0.15) is 19.3 Å². The summed E-state index contributed by atoms with van der Waals surface area (Å²) in [5.74, 6) is 1.55. The topological polar surface area (TPSA) is 67.7 Å². The van der Waals surface area contributed by atoms with Crippen LogP contribution in [0.25, 0.3) is 0 Å². The molecule has 0 radical (unpaired) electrons. The van der Waals surface area contributed by atoms with Crippen LogP contribution in [0.2, 0.25) is 0 Å². The molecule has 1 fully saturated rings. The second kappa shape index (κ2) is 5.06. The number of nitrogens with one attached hydrogen (secondary N) is 2. The Kier molecular flexibility index (Phi) is 3.49. The van der Waals surface area contributed by atoms with Crippen molar-refractivity contribution in [3.8, 4) is 0 Å². The minimum absolute atomic E-state index is 0.749. The molecule has 2 heterocycles. The van der Waals surface area contributed by atoms with E-state index < -0.39 is 0 Å². The van der Waals surface area contributed by atoms with Crippen LogP contribution in [0.5, 0.6) is 0 Å². The van der Waals surface area contributed by atoms with Gasteiger partial charge in [-0.25, -0.2) is 4.68 Å². The molecule has 1 aromatic heterocycles. The summed E-state index contributed by atoms with van der Waals surface area (Å²) in [4.78, 5) is 0. The van der Waals surface area contributed by atoms with Crippen molar-refractivity contribution >= 4 is 5.95 Å². The van der Waals surface area contributed by atoms with Gasteiger partial charge in [0.1, 0.15) is 0 Å². The van der Waals surface area contributed by atoms with E-state index in [1.54, 1.807) is 4.68 Å². The molecule has 0 saturated carbocycles. The summed E-state index contributed by atoms with van der Waals surface area (Å²) in [6, 6.07) is 0. The molecule has 0 amide bonds. The van der Waals surface area contributed by atoms with Gasteiger partial charge in [0.2, 0.25) is 5.95 Å². The lowest BCUT2D eigenvalue weighted by molar-refractivity contribution is 0.364. The molecule has 1 atom stereocenters. The van der Waals surface area contributed by atoms with E-state index in [-0.39, 0.29) is 0 Å². The lowest BCUT2D eigenvalue weighted by atomic mass is 9.96. The first-order valence-corrected chi connectivity index (χ1v) is 5.53. The maximum atomic E-state index is 3.87. The van der Waals surface area contributed by atoms with Gasteiger partial charge in [-0.05, 0) is 48.7 Å². The average Bonchev–Trinajstić information content (AvgIpc) is 2.66. The summed E-state index contributed by atoms with van der Waals surface area (Å²) < 4.78 is 1.65. The zero-order chi connectivity index (χ0) is 10.5. The highest BCUT2D eigenvalue weighted by molar-refractivity contribution is 5.20. The number of rotatable bonds is 4. The first-order chi connectivity index (χ1) is 7.36. The van der Waals surface area contributed by atoms with Crippen LogP contribution in [0.15, 0.2) is 0 Å². The molecule has 84 valence electrons. The van der Waals surface area contributed by atoms with Crippen molar-refractivity contribution in [2.45, 2.75) is 19.3 Å². The Morgan fingerprint density at radius 1 is 1.60 bits per heavy atom. The number of anilines is 1. The number of aromatic nitrogens is 4. The van der Waals surface area contributed by atoms with Crippen LogP contribution in [-0.2, 0) is 7.05 Å². The predicted molar refractivity (Wildman–Crippen MR) is 57.5 cm³/mol. The Morgan fingerprint density at radius 3 is 3.20 bits per heavy atom. The zero-order valence-corrected chi connectivity index (χ0v) is 9.11. The third-order valence-electron chi connectivity index (χ3n) is 2.85. The van der Waals surface area contributed by atoms with Crippen LogP contribution < -0.4 is 10.6 Å². The Hall–Kier alpha value is -1.17. The van der Waals surface area contributed by atoms with Crippen LogP contribution in [0, 0.1) is 5.92 Å². The number of nitrogens with zero attached hydrogens (tertiary/aromatic N) is 4. The van der Waals surface area contributed by atoms with Gasteiger partial charge in [0.15, 0.2) is 0 Å². The molecule has 15 heavy (non-hydrogen) atoms. The van der Waals surface area contributed by atoms with Gasteiger partial charge in [0, 0.05) is 13.6 Å². The minimum Gasteiger partial charge on any atom is -0.353 e. The molecule has 2 N–H and O–H groups in total. The summed E-state index contributed by atoms with van der Waals surface area (Å²) in [7, 11) is 1.84. The van der Waals surface area contributed by atoms with Crippen molar-refractivity contribution in [2.24, 2.45) is 13.0 Å². The SMILES string of the molecule is Cn1nnnc1NCCC1CCCNC1. The van der Waals surface area contributed by atoms with Gasteiger partial charge < -0.3 is 10.6 Å². The standard InChI is InChI=1S/C9H18N6/c1-15-9(12-13-14-15)11-6-4-8-3-2-5-10-7-8/h8,10H,2-7H2,1H3,(H,11,12,14). The van der Waals surface area contributed by atoms with Gasteiger partial charge >= 0.3 is 0 Å². The Labute approximate surface area is 89.4 Å². The van der Waals surface area contributed by atoms with E-state index in [0.717, 1.165) is 25.0 Å². The highest BCUT2D eigenvalue weighted by atomic mass is 15.6. The summed E-state index contributed by atoms with van der Waals surface area (Å²) in [5.41, 5.74) is 0. The van der Waals surface area contributed by atoms with E-state index in [1.165, 1.54) is 25.8 Å². The first-order valence-electron chi connectivity index (χ1n) is 5.53. The van der Waals surface area contributed by atoms with Crippen molar-refractivity contribution in [3.63, 3.8) is 0 Å². The normalized spacial score (nSPS) is 21.5. The smallest absolute Gasteiger partial charge is 0.242 e. The van der Waals surface area contributed by atoms with Gasteiger partial charge in [-0.3, -0.25) is 0 Å². The zero-order valence-electron chi connectivity index (χ0n) is 9.11. The lowest BCUT2D eigenvalue weighted by Crippen LogP contribution is -2.30. The number of aryl methyl sites for hydroxylation is 1.